The third kappa shape index (κ3) is 1.94. The minimum Gasteiger partial charge on any atom is -0.496 e. The normalized spacial score (nSPS) is 20.6. The highest BCUT2D eigenvalue weighted by Gasteiger charge is 2.21. The van der Waals surface area contributed by atoms with Crippen molar-refractivity contribution in [2.24, 2.45) is 0 Å². The summed E-state index contributed by atoms with van der Waals surface area (Å²) in [7, 11) is 3.96. The Morgan fingerprint density at radius 2 is 2.12 bits per heavy atom. The first-order valence-corrected chi connectivity index (χ1v) is 6.04. The van der Waals surface area contributed by atoms with Crippen LogP contribution in [0.15, 0.2) is 12.1 Å². The molecule has 0 aliphatic carbocycles. The van der Waals surface area contributed by atoms with Gasteiger partial charge in [-0.25, -0.2) is 0 Å². The van der Waals surface area contributed by atoms with E-state index < -0.39 is 0 Å². The van der Waals surface area contributed by atoms with Crippen molar-refractivity contribution in [3.63, 3.8) is 0 Å². The molecule has 2 rings (SSSR count). The first-order valence-electron chi connectivity index (χ1n) is 6.04. The average Bonchev–Trinajstić information content (AvgIpc) is 2.29. The Balaban J connectivity index is 2.41. The van der Waals surface area contributed by atoms with E-state index in [0.717, 1.165) is 25.1 Å². The van der Waals surface area contributed by atoms with Gasteiger partial charge in [0.1, 0.15) is 5.75 Å². The maximum Gasteiger partial charge on any atom is 0.122 e. The van der Waals surface area contributed by atoms with Gasteiger partial charge in [-0.15, -0.1) is 0 Å². The predicted molar refractivity (Wildman–Crippen MR) is 67.0 cm³/mol. The third-order valence-corrected chi connectivity index (χ3v) is 3.67. The maximum absolute atomic E-state index is 5.45. The largest absolute Gasteiger partial charge is 0.496 e. The number of hydrogen-bond donors (Lipinski definition) is 0. The number of methoxy groups -OCH3 is 1. The fraction of sp³-hybridized carbons (Fsp3) is 0.571. The monoisotopic (exact) mass is 219 g/mol. The molecule has 2 nitrogen and oxygen atoms in total. The number of hydrogen-bond acceptors (Lipinski definition) is 2. The van der Waals surface area contributed by atoms with Crippen LogP contribution in [0.4, 0.5) is 0 Å². The molecule has 0 bridgehead atoms. The van der Waals surface area contributed by atoms with E-state index in [0.29, 0.717) is 6.04 Å². The summed E-state index contributed by atoms with van der Waals surface area (Å²) in [6.07, 6.45) is 2.17. The summed E-state index contributed by atoms with van der Waals surface area (Å²) in [6.45, 7) is 5.52. The van der Waals surface area contributed by atoms with Crippen molar-refractivity contribution in [1.29, 1.82) is 0 Å². The number of rotatable bonds is 2. The van der Waals surface area contributed by atoms with Crippen molar-refractivity contribution in [3.8, 4) is 5.75 Å². The van der Waals surface area contributed by atoms with Gasteiger partial charge in [0.15, 0.2) is 0 Å². The van der Waals surface area contributed by atoms with E-state index >= 15 is 0 Å². The average molecular weight is 219 g/mol. The second-order valence-electron chi connectivity index (χ2n) is 4.75. The van der Waals surface area contributed by atoms with Crippen LogP contribution in [0.3, 0.4) is 0 Å². The van der Waals surface area contributed by atoms with Gasteiger partial charge in [-0.2, -0.15) is 0 Å². The zero-order valence-corrected chi connectivity index (χ0v) is 10.7. The Morgan fingerprint density at radius 1 is 1.38 bits per heavy atom. The molecule has 1 aliphatic rings. The van der Waals surface area contributed by atoms with Gasteiger partial charge in [-0.05, 0) is 49.6 Å². The molecule has 0 fully saturated rings. The molecule has 2 heteroatoms. The van der Waals surface area contributed by atoms with Gasteiger partial charge in [0.25, 0.3) is 0 Å². The Morgan fingerprint density at radius 3 is 2.75 bits per heavy atom. The van der Waals surface area contributed by atoms with Crippen LogP contribution >= 0.6 is 0 Å². The van der Waals surface area contributed by atoms with Gasteiger partial charge in [0.05, 0.1) is 7.11 Å². The minimum absolute atomic E-state index is 0.629. The lowest BCUT2D eigenvalue weighted by Crippen LogP contribution is -2.35. The van der Waals surface area contributed by atoms with Crippen molar-refractivity contribution in [2.45, 2.75) is 39.3 Å². The van der Waals surface area contributed by atoms with E-state index in [9.17, 15) is 0 Å². The summed E-state index contributed by atoms with van der Waals surface area (Å²) in [5, 5.41) is 0. The standard InChI is InChI=1S/C14H21NO/c1-5-11-7-13-9-15(3)10(2)6-12(13)8-14(11)16-4/h7-8,10H,5-6,9H2,1-4H3/t10-/m0/s1. The van der Waals surface area contributed by atoms with Crippen LogP contribution < -0.4 is 4.74 Å². The molecule has 0 saturated heterocycles. The number of aryl methyl sites for hydroxylation is 1. The molecule has 0 radical (unpaired) electrons. The molecule has 0 spiro atoms. The fourth-order valence-electron chi connectivity index (χ4n) is 2.42. The van der Waals surface area contributed by atoms with Crippen LogP contribution in [-0.4, -0.2) is 25.1 Å². The van der Waals surface area contributed by atoms with Gasteiger partial charge in [-0.1, -0.05) is 13.0 Å². The second-order valence-corrected chi connectivity index (χ2v) is 4.75. The van der Waals surface area contributed by atoms with Crippen LogP contribution in [0.25, 0.3) is 0 Å². The summed E-state index contributed by atoms with van der Waals surface area (Å²) < 4.78 is 5.45. The third-order valence-electron chi connectivity index (χ3n) is 3.67. The van der Waals surface area contributed by atoms with E-state index in [-0.39, 0.29) is 0 Å². The zero-order valence-electron chi connectivity index (χ0n) is 10.7. The highest BCUT2D eigenvalue weighted by Crippen LogP contribution is 2.29. The molecule has 0 unspecified atom stereocenters. The summed E-state index contributed by atoms with van der Waals surface area (Å²) >= 11 is 0. The molecule has 0 amide bonds. The number of benzene rings is 1. The van der Waals surface area contributed by atoms with Crippen LogP contribution in [-0.2, 0) is 19.4 Å². The zero-order chi connectivity index (χ0) is 11.7. The van der Waals surface area contributed by atoms with Gasteiger partial charge in [0, 0.05) is 12.6 Å². The van der Waals surface area contributed by atoms with Gasteiger partial charge >= 0.3 is 0 Å². The molecular weight excluding hydrogens is 198 g/mol. The molecular formula is C14H21NO. The maximum atomic E-state index is 5.45. The Bertz CT molecular complexity index is 350. The van der Waals surface area contributed by atoms with E-state index in [1.165, 1.54) is 16.7 Å². The molecule has 0 N–H and O–H groups in total. The van der Waals surface area contributed by atoms with Gasteiger partial charge in [0.2, 0.25) is 0 Å². The summed E-state index contributed by atoms with van der Waals surface area (Å²) in [5.41, 5.74) is 4.25. The van der Waals surface area contributed by atoms with Crippen molar-refractivity contribution in [3.05, 3.63) is 28.8 Å². The molecule has 16 heavy (non-hydrogen) atoms. The Hall–Kier alpha value is -1.02. The molecule has 1 atom stereocenters. The Kier molecular flexibility index (Phi) is 3.20. The van der Waals surface area contributed by atoms with E-state index in [1.54, 1.807) is 7.11 Å². The number of fused-ring (bicyclic) bond motifs is 1. The molecule has 1 aromatic carbocycles. The molecule has 0 saturated carbocycles. The molecule has 88 valence electrons. The molecule has 1 aliphatic heterocycles. The first-order chi connectivity index (χ1) is 7.65. The lowest BCUT2D eigenvalue weighted by Gasteiger charge is -2.32. The minimum atomic E-state index is 0.629. The van der Waals surface area contributed by atoms with Crippen LogP contribution in [0, 0.1) is 0 Å². The number of ether oxygens (including phenoxy) is 1. The smallest absolute Gasteiger partial charge is 0.122 e. The number of nitrogens with zero attached hydrogens (tertiary/aromatic N) is 1. The predicted octanol–water partition coefficient (Wildman–Crippen LogP) is 2.63. The topological polar surface area (TPSA) is 12.5 Å². The van der Waals surface area contributed by atoms with Gasteiger partial charge < -0.3 is 4.74 Å². The van der Waals surface area contributed by atoms with Gasteiger partial charge in [-0.3, -0.25) is 4.90 Å². The summed E-state index contributed by atoms with van der Waals surface area (Å²) in [4.78, 5) is 2.41. The summed E-state index contributed by atoms with van der Waals surface area (Å²) in [5.74, 6) is 1.05. The summed E-state index contributed by atoms with van der Waals surface area (Å²) in [6, 6.07) is 5.18. The fourth-order valence-corrected chi connectivity index (χ4v) is 2.42. The molecule has 1 aromatic rings. The van der Waals surface area contributed by atoms with Crippen molar-refractivity contribution in [2.75, 3.05) is 14.2 Å². The van der Waals surface area contributed by atoms with E-state index in [2.05, 4.69) is 37.9 Å². The lowest BCUT2D eigenvalue weighted by atomic mass is 9.92. The second kappa shape index (κ2) is 4.46. The molecule has 0 aromatic heterocycles. The lowest BCUT2D eigenvalue weighted by molar-refractivity contribution is 0.230. The highest BCUT2D eigenvalue weighted by molar-refractivity contribution is 5.44. The Labute approximate surface area is 98.2 Å². The van der Waals surface area contributed by atoms with E-state index in [1.807, 2.05) is 0 Å². The van der Waals surface area contributed by atoms with Crippen molar-refractivity contribution >= 4 is 0 Å². The SMILES string of the molecule is CCc1cc2c(cc1OC)C[C@H](C)N(C)C2. The van der Waals surface area contributed by atoms with Crippen LogP contribution in [0.2, 0.25) is 0 Å². The quantitative estimate of drug-likeness (QED) is 0.758. The highest BCUT2D eigenvalue weighted by atomic mass is 16.5. The molecule has 1 heterocycles. The first kappa shape index (κ1) is 11.5. The van der Waals surface area contributed by atoms with Crippen molar-refractivity contribution in [1.82, 2.24) is 4.90 Å². The van der Waals surface area contributed by atoms with Crippen molar-refractivity contribution < 1.29 is 4.74 Å². The van der Waals surface area contributed by atoms with Crippen LogP contribution in [0.5, 0.6) is 5.75 Å². The number of likely N-dealkylation sites (N-methyl/N-ethyl adjacent to an activating group) is 1. The van der Waals surface area contributed by atoms with E-state index in [4.69, 9.17) is 4.74 Å². The van der Waals surface area contributed by atoms with Crippen LogP contribution in [0.1, 0.15) is 30.5 Å².